The molecule has 1 aliphatic rings. The molecule has 1 saturated heterocycles. The van der Waals surface area contributed by atoms with Gasteiger partial charge < -0.3 is 15.0 Å². The van der Waals surface area contributed by atoms with E-state index >= 15 is 0 Å². The van der Waals surface area contributed by atoms with E-state index in [1.54, 1.807) is 31.5 Å². The summed E-state index contributed by atoms with van der Waals surface area (Å²) in [6.45, 7) is 4.55. The van der Waals surface area contributed by atoms with E-state index in [4.69, 9.17) is 4.74 Å². The van der Waals surface area contributed by atoms with Crippen LogP contribution in [0.3, 0.4) is 0 Å². The van der Waals surface area contributed by atoms with Gasteiger partial charge in [0.1, 0.15) is 17.4 Å². The molecule has 0 spiro atoms. The molecule has 0 aliphatic carbocycles. The summed E-state index contributed by atoms with van der Waals surface area (Å²) in [5.41, 5.74) is 1.82. The van der Waals surface area contributed by atoms with Crippen molar-refractivity contribution in [1.82, 2.24) is 9.88 Å². The molecular weight excluding hydrogens is 395 g/mol. The molecule has 3 aromatic rings. The fourth-order valence-electron chi connectivity index (χ4n) is 3.62. The third-order valence-electron chi connectivity index (χ3n) is 5.39. The van der Waals surface area contributed by atoms with Crippen LogP contribution < -0.4 is 15.0 Å². The Morgan fingerprint density at radius 1 is 1.03 bits per heavy atom. The van der Waals surface area contributed by atoms with E-state index in [0.717, 1.165) is 44.3 Å². The molecule has 1 N–H and O–H groups in total. The monoisotopic (exact) mass is 420 g/mol. The van der Waals surface area contributed by atoms with E-state index in [1.165, 1.54) is 17.7 Å². The molecule has 2 heterocycles. The van der Waals surface area contributed by atoms with E-state index in [-0.39, 0.29) is 5.56 Å². The largest absolute Gasteiger partial charge is 0.497 e. The molecule has 1 aliphatic heterocycles. The topological polar surface area (TPSA) is 57.7 Å². The maximum absolute atomic E-state index is 13.8. The standard InChI is InChI=1S/C24H25FN4O2/c1-31-20-9-6-18(7-10-20)17-28-12-14-29(15-13-28)23-11-8-19(16-26-23)27-24(30)21-4-2-3-5-22(21)25/h2-11,16H,12-15,17H2,1H3,(H,27,30). The van der Waals surface area contributed by atoms with Gasteiger partial charge in [-0.05, 0) is 42.0 Å². The molecule has 1 aromatic heterocycles. The highest BCUT2D eigenvalue weighted by molar-refractivity contribution is 6.04. The first kappa shape index (κ1) is 20.8. The van der Waals surface area contributed by atoms with Gasteiger partial charge in [-0.15, -0.1) is 0 Å². The lowest BCUT2D eigenvalue weighted by atomic mass is 10.2. The van der Waals surface area contributed by atoms with Crippen LogP contribution in [0.2, 0.25) is 0 Å². The highest BCUT2D eigenvalue weighted by Gasteiger charge is 2.18. The minimum Gasteiger partial charge on any atom is -0.497 e. The predicted molar refractivity (Wildman–Crippen MR) is 119 cm³/mol. The average Bonchev–Trinajstić information content (AvgIpc) is 2.81. The summed E-state index contributed by atoms with van der Waals surface area (Å²) in [7, 11) is 1.67. The number of halogens is 1. The fourth-order valence-corrected chi connectivity index (χ4v) is 3.62. The van der Waals surface area contributed by atoms with Gasteiger partial charge in [0.05, 0.1) is 24.6 Å². The van der Waals surface area contributed by atoms with Crippen molar-refractivity contribution in [3.8, 4) is 5.75 Å². The second kappa shape index (κ2) is 9.57. The van der Waals surface area contributed by atoms with Gasteiger partial charge in [-0.25, -0.2) is 9.37 Å². The summed E-state index contributed by atoms with van der Waals surface area (Å²) in [4.78, 5) is 21.4. The minimum absolute atomic E-state index is 0.0135. The number of nitrogens with zero attached hydrogens (tertiary/aromatic N) is 3. The van der Waals surface area contributed by atoms with Gasteiger partial charge in [0.15, 0.2) is 0 Å². The molecule has 0 unspecified atom stereocenters. The Balaban J connectivity index is 1.30. The van der Waals surface area contributed by atoms with Crippen LogP contribution in [0.15, 0.2) is 66.9 Å². The van der Waals surface area contributed by atoms with Gasteiger partial charge in [0.2, 0.25) is 0 Å². The zero-order chi connectivity index (χ0) is 21.6. The van der Waals surface area contributed by atoms with E-state index in [0.29, 0.717) is 5.69 Å². The second-order valence-electron chi connectivity index (χ2n) is 7.45. The highest BCUT2D eigenvalue weighted by atomic mass is 19.1. The number of rotatable bonds is 6. The average molecular weight is 420 g/mol. The predicted octanol–water partition coefficient (Wildman–Crippen LogP) is 3.80. The zero-order valence-electron chi connectivity index (χ0n) is 17.4. The molecule has 6 nitrogen and oxygen atoms in total. The van der Waals surface area contributed by atoms with Gasteiger partial charge in [-0.3, -0.25) is 9.69 Å². The van der Waals surface area contributed by atoms with Crippen molar-refractivity contribution in [3.05, 3.63) is 83.8 Å². The number of methoxy groups -OCH3 is 1. The van der Waals surface area contributed by atoms with Gasteiger partial charge >= 0.3 is 0 Å². The number of aromatic nitrogens is 1. The van der Waals surface area contributed by atoms with Crippen molar-refractivity contribution in [3.63, 3.8) is 0 Å². The smallest absolute Gasteiger partial charge is 0.258 e. The lowest BCUT2D eigenvalue weighted by molar-refractivity contribution is 0.102. The molecule has 2 aromatic carbocycles. The van der Waals surface area contributed by atoms with Crippen LogP contribution in [0.1, 0.15) is 15.9 Å². The van der Waals surface area contributed by atoms with Crippen molar-refractivity contribution in [2.24, 2.45) is 0 Å². The van der Waals surface area contributed by atoms with Crippen molar-refractivity contribution in [2.75, 3.05) is 43.5 Å². The number of nitrogens with one attached hydrogen (secondary N) is 1. The third-order valence-corrected chi connectivity index (χ3v) is 5.39. The van der Waals surface area contributed by atoms with Crippen LogP contribution in [-0.4, -0.2) is 49.1 Å². The molecule has 0 atom stereocenters. The van der Waals surface area contributed by atoms with E-state index in [2.05, 4.69) is 32.2 Å². The summed E-state index contributed by atoms with van der Waals surface area (Å²) >= 11 is 0. The Bertz CT molecular complexity index is 1020. The van der Waals surface area contributed by atoms with Crippen LogP contribution >= 0.6 is 0 Å². The molecule has 0 radical (unpaired) electrons. The van der Waals surface area contributed by atoms with Crippen LogP contribution in [0, 0.1) is 5.82 Å². The zero-order valence-corrected chi connectivity index (χ0v) is 17.4. The fraction of sp³-hybridized carbons (Fsp3) is 0.250. The first-order chi connectivity index (χ1) is 15.1. The van der Waals surface area contributed by atoms with Crippen molar-refractivity contribution < 1.29 is 13.9 Å². The Kier molecular flexibility index (Phi) is 6.43. The number of piperazine rings is 1. The lowest BCUT2D eigenvalue weighted by Gasteiger charge is -2.35. The van der Waals surface area contributed by atoms with Crippen LogP contribution in [-0.2, 0) is 6.54 Å². The van der Waals surface area contributed by atoms with Gasteiger partial charge in [0, 0.05) is 32.7 Å². The Hall–Kier alpha value is -3.45. The van der Waals surface area contributed by atoms with E-state index < -0.39 is 11.7 Å². The number of pyridine rings is 1. The number of amides is 1. The molecule has 7 heteroatoms. The number of benzene rings is 2. The van der Waals surface area contributed by atoms with Crippen molar-refractivity contribution >= 4 is 17.4 Å². The summed E-state index contributed by atoms with van der Waals surface area (Å²) in [6.07, 6.45) is 1.61. The molecule has 1 amide bonds. The van der Waals surface area contributed by atoms with Gasteiger partial charge in [0.25, 0.3) is 5.91 Å². The van der Waals surface area contributed by atoms with E-state index in [1.807, 2.05) is 18.2 Å². The summed E-state index contributed by atoms with van der Waals surface area (Å²) in [5.74, 6) is 0.707. The van der Waals surface area contributed by atoms with Crippen molar-refractivity contribution in [1.29, 1.82) is 0 Å². The SMILES string of the molecule is COc1ccc(CN2CCN(c3ccc(NC(=O)c4ccccc4F)cn3)CC2)cc1. The minimum atomic E-state index is -0.544. The molecular formula is C24H25FN4O2. The number of hydrogen-bond acceptors (Lipinski definition) is 5. The Morgan fingerprint density at radius 3 is 2.42 bits per heavy atom. The number of carbonyl (C=O) groups excluding carboxylic acids is 1. The molecule has 1 fully saturated rings. The number of hydrogen-bond donors (Lipinski definition) is 1. The number of anilines is 2. The van der Waals surface area contributed by atoms with E-state index in [9.17, 15) is 9.18 Å². The molecule has 0 bridgehead atoms. The maximum atomic E-state index is 13.8. The number of carbonyl (C=O) groups is 1. The van der Waals surface area contributed by atoms with Crippen LogP contribution in [0.25, 0.3) is 0 Å². The first-order valence-electron chi connectivity index (χ1n) is 10.2. The second-order valence-corrected chi connectivity index (χ2v) is 7.45. The normalized spacial score (nSPS) is 14.3. The molecule has 0 saturated carbocycles. The maximum Gasteiger partial charge on any atom is 0.258 e. The summed E-state index contributed by atoms with van der Waals surface area (Å²) in [6, 6.07) is 17.8. The molecule has 31 heavy (non-hydrogen) atoms. The first-order valence-corrected chi connectivity index (χ1v) is 10.2. The molecule has 4 rings (SSSR count). The van der Waals surface area contributed by atoms with Crippen LogP contribution in [0.5, 0.6) is 5.75 Å². The van der Waals surface area contributed by atoms with Crippen LogP contribution in [0.4, 0.5) is 15.9 Å². The Labute approximate surface area is 181 Å². The van der Waals surface area contributed by atoms with Gasteiger partial charge in [-0.1, -0.05) is 24.3 Å². The molecule has 160 valence electrons. The highest BCUT2D eigenvalue weighted by Crippen LogP contribution is 2.19. The summed E-state index contributed by atoms with van der Waals surface area (Å²) < 4.78 is 19.0. The van der Waals surface area contributed by atoms with Gasteiger partial charge in [-0.2, -0.15) is 0 Å². The Morgan fingerprint density at radius 2 is 1.77 bits per heavy atom. The summed E-state index contributed by atoms with van der Waals surface area (Å²) in [5, 5.41) is 2.69. The lowest BCUT2D eigenvalue weighted by Crippen LogP contribution is -2.46. The number of ether oxygens (including phenoxy) is 1. The van der Waals surface area contributed by atoms with Crippen molar-refractivity contribution in [2.45, 2.75) is 6.54 Å². The third kappa shape index (κ3) is 5.19. The quantitative estimate of drug-likeness (QED) is 0.657.